The van der Waals surface area contributed by atoms with Crippen LogP contribution in [0.3, 0.4) is 0 Å². The number of amides is 1. The standard InChI is InChI=1S/C20H30N6O6S/c1-20(18(28)29,26-33(30,31)15-8-3-2-4-9-15)24-17(27)16-13-14(32-25-16)7-5-10-21-19-22-11-6-12-23-19/h2-4,8-9,11,14,16,19,21,23,25-26H,5-7,10,12-13H2,1H3,(H,24,27)(H,28,29). The van der Waals surface area contributed by atoms with Gasteiger partial charge in [0.25, 0.3) is 0 Å². The fourth-order valence-electron chi connectivity index (χ4n) is 3.47. The molecule has 1 aromatic rings. The summed E-state index contributed by atoms with van der Waals surface area (Å²) in [6.45, 7) is 2.67. The van der Waals surface area contributed by atoms with Crippen molar-refractivity contribution < 1.29 is 28.0 Å². The van der Waals surface area contributed by atoms with Gasteiger partial charge in [-0.3, -0.25) is 25.3 Å². The van der Waals surface area contributed by atoms with Crippen LogP contribution in [0.15, 0.2) is 40.2 Å². The number of carboxylic acids is 1. The molecule has 0 radical (unpaired) electrons. The molecule has 33 heavy (non-hydrogen) atoms. The summed E-state index contributed by atoms with van der Waals surface area (Å²) in [5.74, 6) is -2.23. The number of aliphatic carboxylic acids is 1. The smallest absolute Gasteiger partial charge is 0.345 e. The molecule has 0 spiro atoms. The van der Waals surface area contributed by atoms with E-state index >= 15 is 0 Å². The van der Waals surface area contributed by atoms with E-state index in [0.717, 1.165) is 26.3 Å². The maximum atomic E-state index is 12.7. The third-order valence-corrected chi connectivity index (χ3v) is 6.86. The lowest BCUT2D eigenvalue weighted by Gasteiger charge is -2.28. The molecule has 0 bridgehead atoms. The molecule has 4 unspecified atom stereocenters. The van der Waals surface area contributed by atoms with Crippen molar-refractivity contribution in [1.29, 1.82) is 0 Å². The number of hydrogen-bond acceptors (Lipinski definition) is 9. The lowest BCUT2D eigenvalue weighted by molar-refractivity contribution is -0.148. The summed E-state index contributed by atoms with van der Waals surface area (Å²) < 4.78 is 27.2. The monoisotopic (exact) mass is 482 g/mol. The molecule has 0 saturated carbocycles. The molecule has 0 aliphatic carbocycles. The Morgan fingerprint density at radius 1 is 1.30 bits per heavy atom. The summed E-state index contributed by atoms with van der Waals surface area (Å²) in [4.78, 5) is 34.1. The molecular formula is C20H30N6O6S. The van der Waals surface area contributed by atoms with Gasteiger partial charge in [-0.15, -0.1) is 0 Å². The molecule has 182 valence electrons. The van der Waals surface area contributed by atoms with Gasteiger partial charge in [0.1, 0.15) is 6.04 Å². The van der Waals surface area contributed by atoms with Gasteiger partial charge in [-0.2, -0.15) is 10.2 Å². The highest BCUT2D eigenvalue weighted by Crippen LogP contribution is 2.17. The van der Waals surface area contributed by atoms with E-state index in [4.69, 9.17) is 4.84 Å². The Bertz CT molecular complexity index is 959. The molecule has 13 heteroatoms. The van der Waals surface area contributed by atoms with Gasteiger partial charge >= 0.3 is 5.97 Å². The number of benzene rings is 1. The average Bonchev–Trinajstić information content (AvgIpc) is 3.27. The molecule has 2 heterocycles. The lowest BCUT2D eigenvalue weighted by Crippen LogP contribution is -2.65. The van der Waals surface area contributed by atoms with E-state index in [1.54, 1.807) is 6.07 Å². The highest BCUT2D eigenvalue weighted by molar-refractivity contribution is 7.89. The predicted molar refractivity (Wildman–Crippen MR) is 119 cm³/mol. The number of carboxylic acid groups (broad SMARTS) is 1. The van der Waals surface area contributed by atoms with E-state index in [0.29, 0.717) is 19.4 Å². The summed E-state index contributed by atoms with van der Waals surface area (Å²) >= 11 is 0. The number of carbonyl (C=O) groups excluding carboxylic acids is 1. The van der Waals surface area contributed by atoms with Crippen LogP contribution >= 0.6 is 0 Å². The lowest BCUT2D eigenvalue weighted by atomic mass is 10.1. The highest BCUT2D eigenvalue weighted by Gasteiger charge is 2.42. The van der Waals surface area contributed by atoms with Gasteiger partial charge in [-0.05, 0) is 44.9 Å². The van der Waals surface area contributed by atoms with Crippen LogP contribution in [-0.2, 0) is 24.4 Å². The Morgan fingerprint density at radius 3 is 2.73 bits per heavy atom. The van der Waals surface area contributed by atoms with Crippen LogP contribution in [0.1, 0.15) is 32.6 Å². The topological polar surface area (TPSA) is 170 Å². The van der Waals surface area contributed by atoms with Crippen molar-refractivity contribution in [2.45, 2.75) is 61.6 Å². The van der Waals surface area contributed by atoms with Crippen LogP contribution in [0.25, 0.3) is 0 Å². The van der Waals surface area contributed by atoms with Crippen LogP contribution < -0.4 is 26.2 Å². The number of sulfonamides is 1. The first-order valence-electron chi connectivity index (χ1n) is 10.7. The molecule has 6 N–H and O–H groups in total. The zero-order chi connectivity index (χ0) is 23.9. The summed E-state index contributed by atoms with van der Waals surface area (Å²) in [5.41, 5.74) is 0.367. The van der Waals surface area contributed by atoms with Crippen LogP contribution in [-0.4, -0.2) is 68.8 Å². The fraction of sp³-hybridized carbons (Fsp3) is 0.550. The number of aliphatic imine (C=N–C) groups is 1. The molecule has 1 amide bonds. The Hall–Kier alpha value is -2.42. The summed E-state index contributed by atoms with van der Waals surface area (Å²) in [6, 6.07) is 6.51. The number of nitrogens with one attached hydrogen (secondary N) is 5. The maximum Gasteiger partial charge on any atom is 0.345 e. The fourth-order valence-corrected chi connectivity index (χ4v) is 4.78. The second kappa shape index (κ2) is 11.1. The first kappa shape index (κ1) is 25.2. The molecule has 4 atom stereocenters. The molecule has 1 saturated heterocycles. The second-order valence-corrected chi connectivity index (χ2v) is 9.74. The van der Waals surface area contributed by atoms with Gasteiger partial charge in [0.15, 0.2) is 6.29 Å². The molecule has 1 fully saturated rings. The van der Waals surface area contributed by atoms with E-state index in [-0.39, 0.29) is 17.3 Å². The summed E-state index contributed by atoms with van der Waals surface area (Å²) in [7, 11) is -4.19. The minimum Gasteiger partial charge on any atom is -0.478 e. The normalized spacial score (nSPS) is 24.8. The van der Waals surface area contributed by atoms with Gasteiger partial charge in [0.05, 0.1) is 11.0 Å². The van der Waals surface area contributed by atoms with Crippen molar-refractivity contribution in [1.82, 2.24) is 26.2 Å². The molecule has 3 rings (SSSR count). The van der Waals surface area contributed by atoms with Crippen molar-refractivity contribution in [2.24, 2.45) is 4.99 Å². The number of hydroxylamine groups is 1. The maximum absolute atomic E-state index is 12.7. The molecular weight excluding hydrogens is 452 g/mol. The van der Waals surface area contributed by atoms with Gasteiger partial charge in [0.2, 0.25) is 21.6 Å². The molecule has 0 aromatic heterocycles. The van der Waals surface area contributed by atoms with Crippen LogP contribution in [0.4, 0.5) is 0 Å². The first-order valence-corrected chi connectivity index (χ1v) is 12.2. The molecule has 2 aliphatic heterocycles. The van der Waals surface area contributed by atoms with Crippen molar-refractivity contribution >= 4 is 28.1 Å². The zero-order valence-electron chi connectivity index (χ0n) is 18.3. The van der Waals surface area contributed by atoms with Crippen LogP contribution in [0, 0.1) is 0 Å². The molecule has 2 aliphatic rings. The second-order valence-electron chi connectivity index (χ2n) is 8.06. The van der Waals surface area contributed by atoms with Gasteiger partial charge in [-0.1, -0.05) is 18.2 Å². The van der Waals surface area contributed by atoms with E-state index in [2.05, 4.69) is 31.1 Å². The highest BCUT2D eigenvalue weighted by atomic mass is 32.2. The van der Waals surface area contributed by atoms with Crippen LogP contribution in [0.5, 0.6) is 0 Å². The van der Waals surface area contributed by atoms with Gasteiger partial charge in [-0.25, -0.2) is 13.2 Å². The summed E-state index contributed by atoms with van der Waals surface area (Å²) in [6.07, 6.45) is 4.27. The largest absolute Gasteiger partial charge is 0.478 e. The van der Waals surface area contributed by atoms with Gasteiger partial charge < -0.3 is 10.4 Å². The van der Waals surface area contributed by atoms with E-state index in [9.17, 15) is 23.1 Å². The van der Waals surface area contributed by atoms with Crippen molar-refractivity contribution in [2.75, 3.05) is 13.1 Å². The Labute approximate surface area is 192 Å². The minimum absolute atomic E-state index is 0.0896. The third kappa shape index (κ3) is 7.03. The summed E-state index contributed by atoms with van der Waals surface area (Å²) in [5, 5.41) is 18.4. The van der Waals surface area contributed by atoms with Gasteiger partial charge in [0, 0.05) is 19.2 Å². The molecule has 1 aromatic carbocycles. The Morgan fingerprint density at radius 2 is 2.06 bits per heavy atom. The van der Waals surface area contributed by atoms with Crippen molar-refractivity contribution in [3.05, 3.63) is 30.3 Å². The zero-order valence-corrected chi connectivity index (χ0v) is 19.1. The first-order chi connectivity index (χ1) is 15.7. The Balaban J connectivity index is 1.49. The quantitative estimate of drug-likeness (QED) is 0.176. The number of hydrogen-bond donors (Lipinski definition) is 6. The van der Waals surface area contributed by atoms with E-state index in [1.165, 1.54) is 24.3 Å². The molecule has 12 nitrogen and oxygen atoms in total. The SMILES string of the molecule is CC(NC(=O)C1CC(CCCNC2N=CCCN2)ON1)(NS(=O)(=O)c1ccccc1)C(=O)O. The average molecular weight is 483 g/mol. The van der Waals surface area contributed by atoms with E-state index < -0.39 is 33.6 Å². The third-order valence-electron chi connectivity index (χ3n) is 5.29. The number of rotatable bonds is 11. The minimum atomic E-state index is -4.19. The van der Waals surface area contributed by atoms with E-state index in [1.807, 2.05) is 6.21 Å². The van der Waals surface area contributed by atoms with Crippen molar-refractivity contribution in [3.8, 4) is 0 Å². The Kier molecular flexibility index (Phi) is 8.51. The number of nitrogens with zero attached hydrogens (tertiary/aromatic N) is 1. The van der Waals surface area contributed by atoms with Crippen LogP contribution in [0.2, 0.25) is 0 Å². The number of carbonyl (C=O) groups is 2. The predicted octanol–water partition coefficient (Wildman–Crippen LogP) is -0.738. The van der Waals surface area contributed by atoms with Crippen molar-refractivity contribution in [3.63, 3.8) is 0 Å².